The SMILES string of the molecule is COc1ccc2c(c1O)-c1c(OC)c(OC)cc3c1[C@H](C2)[N+](C)(C)CC3. The van der Waals surface area contributed by atoms with E-state index >= 15 is 0 Å². The first-order valence-electron chi connectivity index (χ1n) is 8.92. The molecule has 2 aromatic carbocycles. The van der Waals surface area contributed by atoms with E-state index in [9.17, 15) is 5.11 Å². The summed E-state index contributed by atoms with van der Waals surface area (Å²) in [6.07, 6.45) is 1.86. The van der Waals surface area contributed by atoms with Gasteiger partial charge < -0.3 is 23.8 Å². The Labute approximate surface area is 154 Å². The fourth-order valence-corrected chi connectivity index (χ4v) is 4.60. The first kappa shape index (κ1) is 17.0. The highest BCUT2D eigenvalue weighted by Gasteiger charge is 2.44. The molecule has 1 N–H and O–H groups in total. The van der Waals surface area contributed by atoms with Gasteiger partial charge in [-0.3, -0.25) is 0 Å². The first-order chi connectivity index (χ1) is 12.4. The smallest absolute Gasteiger partial charge is 0.169 e. The Kier molecular flexibility index (Phi) is 3.81. The van der Waals surface area contributed by atoms with Crippen LogP contribution in [0, 0.1) is 0 Å². The summed E-state index contributed by atoms with van der Waals surface area (Å²) in [6, 6.07) is 6.33. The largest absolute Gasteiger partial charge is 0.504 e. The summed E-state index contributed by atoms with van der Waals surface area (Å²) in [7, 11) is 9.45. The quantitative estimate of drug-likeness (QED) is 0.857. The first-order valence-corrected chi connectivity index (χ1v) is 8.92. The van der Waals surface area contributed by atoms with Gasteiger partial charge in [0.1, 0.15) is 6.04 Å². The van der Waals surface area contributed by atoms with Crippen LogP contribution in [0.25, 0.3) is 11.1 Å². The van der Waals surface area contributed by atoms with E-state index < -0.39 is 0 Å². The molecule has 4 rings (SSSR count). The molecular weight excluding hydrogens is 330 g/mol. The number of hydrogen-bond donors (Lipinski definition) is 1. The lowest BCUT2D eigenvalue weighted by Crippen LogP contribution is -2.49. The van der Waals surface area contributed by atoms with Gasteiger partial charge in [0.25, 0.3) is 0 Å². The van der Waals surface area contributed by atoms with Gasteiger partial charge >= 0.3 is 0 Å². The van der Waals surface area contributed by atoms with Gasteiger partial charge in [0, 0.05) is 29.5 Å². The number of rotatable bonds is 3. The van der Waals surface area contributed by atoms with E-state index in [-0.39, 0.29) is 5.75 Å². The molecule has 138 valence electrons. The maximum absolute atomic E-state index is 10.9. The van der Waals surface area contributed by atoms with Crippen LogP contribution in [0.4, 0.5) is 0 Å². The van der Waals surface area contributed by atoms with E-state index in [1.165, 1.54) is 11.1 Å². The molecular formula is C21H26NO4+. The zero-order chi connectivity index (χ0) is 18.6. The highest BCUT2D eigenvalue weighted by Crippen LogP contribution is 2.56. The summed E-state index contributed by atoms with van der Waals surface area (Å²) in [5.74, 6) is 2.04. The molecule has 0 saturated carbocycles. The van der Waals surface area contributed by atoms with Crippen molar-refractivity contribution in [1.29, 1.82) is 0 Å². The van der Waals surface area contributed by atoms with Crippen LogP contribution in [0.5, 0.6) is 23.0 Å². The minimum atomic E-state index is 0.174. The summed E-state index contributed by atoms with van der Waals surface area (Å²) in [5, 5.41) is 10.9. The number of ether oxygens (including phenoxy) is 3. The molecule has 5 heteroatoms. The van der Waals surface area contributed by atoms with Crippen molar-refractivity contribution in [2.45, 2.75) is 18.9 Å². The zero-order valence-corrected chi connectivity index (χ0v) is 16.0. The number of methoxy groups -OCH3 is 3. The van der Waals surface area contributed by atoms with Crippen molar-refractivity contribution in [3.8, 4) is 34.1 Å². The van der Waals surface area contributed by atoms with Crippen LogP contribution in [0.15, 0.2) is 18.2 Å². The van der Waals surface area contributed by atoms with Crippen LogP contribution in [0.2, 0.25) is 0 Å². The Bertz CT molecular complexity index is 888. The van der Waals surface area contributed by atoms with Gasteiger partial charge in [-0.15, -0.1) is 0 Å². The van der Waals surface area contributed by atoms with Crippen molar-refractivity contribution in [3.05, 3.63) is 34.9 Å². The molecule has 0 spiro atoms. The van der Waals surface area contributed by atoms with E-state index in [1.807, 2.05) is 6.07 Å². The molecule has 1 heterocycles. The van der Waals surface area contributed by atoms with Crippen LogP contribution in [-0.2, 0) is 12.8 Å². The molecule has 1 atom stereocenters. The summed E-state index contributed by atoms with van der Waals surface area (Å²) < 4.78 is 17.7. The normalized spacial score (nSPS) is 19.3. The number of hydrogen-bond acceptors (Lipinski definition) is 4. The van der Waals surface area contributed by atoms with E-state index in [1.54, 1.807) is 21.3 Å². The van der Waals surface area contributed by atoms with E-state index in [2.05, 4.69) is 26.2 Å². The van der Waals surface area contributed by atoms with Crippen molar-refractivity contribution < 1.29 is 23.8 Å². The van der Waals surface area contributed by atoms with Gasteiger partial charge in [-0.2, -0.15) is 0 Å². The Morgan fingerprint density at radius 3 is 2.35 bits per heavy atom. The predicted molar refractivity (Wildman–Crippen MR) is 100 cm³/mol. The zero-order valence-electron chi connectivity index (χ0n) is 16.0. The topological polar surface area (TPSA) is 47.9 Å². The summed E-state index contributed by atoms with van der Waals surface area (Å²) in [5.41, 5.74) is 5.44. The number of fused-ring (bicyclic) bond motifs is 2. The third-order valence-corrected chi connectivity index (χ3v) is 6.04. The fourth-order valence-electron chi connectivity index (χ4n) is 4.60. The third kappa shape index (κ3) is 2.20. The second-order valence-electron chi connectivity index (χ2n) is 7.68. The lowest BCUT2D eigenvalue weighted by atomic mass is 9.75. The molecule has 0 bridgehead atoms. The molecule has 0 amide bonds. The molecule has 2 aromatic rings. The molecule has 1 aliphatic heterocycles. The van der Waals surface area contributed by atoms with Gasteiger partial charge in [-0.25, -0.2) is 0 Å². The van der Waals surface area contributed by atoms with Gasteiger partial charge in [0.05, 0.1) is 42.0 Å². The lowest BCUT2D eigenvalue weighted by Gasteiger charge is -2.46. The maximum atomic E-state index is 10.9. The number of phenols is 1. The molecule has 0 saturated heterocycles. The van der Waals surface area contributed by atoms with Gasteiger partial charge in [0.15, 0.2) is 23.0 Å². The lowest BCUT2D eigenvalue weighted by molar-refractivity contribution is -0.923. The molecule has 0 aromatic heterocycles. The van der Waals surface area contributed by atoms with Crippen molar-refractivity contribution in [1.82, 2.24) is 0 Å². The Morgan fingerprint density at radius 2 is 1.69 bits per heavy atom. The van der Waals surface area contributed by atoms with Crippen LogP contribution in [0.3, 0.4) is 0 Å². The molecule has 1 aliphatic carbocycles. The Balaban J connectivity index is 2.13. The van der Waals surface area contributed by atoms with Gasteiger partial charge in [0.2, 0.25) is 0 Å². The summed E-state index contributed by atoms with van der Waals surface area (Å²) >= 11 is 0. The van der Waals surface area contributed by atoms with E-state index in [0.717, 1.165) is 40.6 Å². The number of aromatic hydroxyl groups is 1. The minimum Gasteiger partial charge on any atom is -0.504 e. The monoisotopic (exact) mass is 356 g/mol. The van der Waals surface area contributed by atoms with Gasteiger partial charge in [-0.05, 0) is 23.3 Å². The van der Waals surface area contributed by atoms with Gasteiger partial charge in [-0.1, -0.05) is 6.07 Å². The number of phenolic OH excluding ortho intramolecular Hbond substituents is 1. The predicted octanol–water partition coefficient (Wildman–Crippen LogP) is 3.31. The van der Waals surface area contributed by atoms with E-state index in [0.29, 0.717) is 23.3 Å². The fraction of sp³-hybridized carbons (Fsp3) is 0.429. The highest BCUT2D eigenvalue weighted by atomic mass is 16.5. The number of quaternary nitrogens is 1. The van der Waals surface area contributed by atoms with Crippen molar-refractivity contribution in [2.24, 2.45) is 0 Å². The number of likely N-dealkylation sites (N-methyl/N-ethyl adjacent to an activating group) is 1. The summed E-state index contributed by atoms with van der Waals surface area (Å²) in [4.78, 5) is 0. The standard InChI is InChI=1S/C21H25NO4/c1-22(2)9-8-13-11-16(25-4)21(26-5)19-17(13)14(22)10-12-6-7-15(24-3)20(23)18(12)19/h6-7,11,14H,8-10H2,1-5H3/p+1/t14-/m0/s1. The minimum absolute atomic E-state index is 0.174. The third-order valence-electron chi connectivity index (χ3n) is 6.04. The molecule has 0 fully saturated rings. The van der Waals surface area contributed by atoms with E-state index in [4.69, 9.17) is 14.2 Å². The second-order valence-corrected chi connectivity index (χ2v) is 7.68. The maximum Gasteiger partial charge on any atom is 0.169 e. The van der Waals surface area contributed by atoms with Crippen molar-refractivity contribution >= 4 is 0 Å². The average Bonchev–Trinajstić information content (AvgIpc) is 2.64. The highest BCUT2D eigenvalue weighted by molar-refractivity contribution is 5.88. The van der Waals surface area contributed by atoms with Crippen LogP contribution >= 0.6 is 0 Å². The van der Waals surface area contributed by atoms with Crippen molar-refractivity contribution in [3.63, 3.8) is 0 Å². The Hall–Kier alpha value is -2.40. The molecule has 0 unspecified atom stereocenters. The molecule has 5 nitrogen and oxygen atoms in total. The van der Waals surface area contributed by atoms with Crippen LogP contribution in [-0.4, -0.2) is 51.6 Å². The second kappa shape index (κ2) is 5.81. The molecule has 2 aliphatic rings. The summed E-state index contributed by atoms with van der Waals surface area (Å²) in [6.45, 7) is 1.07. The number of nitrogens with zero attached hydrogens (tertiary/aromatic N) is 1. The van der Waals surface area contributed by atoms with Crippen LogP contribution in [0.1, 0.15) is 22.7 Å². The average molecular weight is 356 g/mol. The molecule has 26 heavy (non-hydrogen) atoms. The number of benzene rings is 2. The van der Waals surface area contributed by atoms with Crippen molar-refractivity contribution in [2.75, 3.05) is 42.0 Å². The molecule has 0 radical (unpaired) electrons. The Morgan fingerprint density at radius 1 is 0.962 bits per heavy atom. The van der Waals surface area contributed by atoms with Crippen LogP contribution < -0.4 is 14.2 Å².